The van der Waals surface area contributed by atoms with Gasteiger partial charge in [0.1, 0.15) is 5.75 Å². The van der Waals surface area contributed by atoms with Crippen molar-refractivity contribution in [1.29, 1.82) is 0 Å². The van der Waals surface area contributed by atoms with E-state index in [1.807, 2.05) is 0 Å². The Kier molecular flexibility index (Phi) is 13.6. The molecule has 0 aromatic heterocycles. The number of anilines is 1. The molecule has 43 heavy (non-hydrogen) atoms. The van der Waals surface area contributed by atoms with Crippen molar-refractivity contribution < 1.29 is 4.74 Å². The van der Waals surface area contributed by atoms with Crippen LogP contribution < -0.4 is 9.64 Å². The lowest BCUT2D eigenvalue weighted by molar-refractivity contribution is 0.0531. The fraction of sp³-hybridized carbons (Fsp3) is 0.659. The fourth-order valence-electron chi connectivity index (χ4n) is 7.53. The molecule has 0 amide bonds. The molecule has 0 aliphatic carbocycles. The van der Waals surface area contributed by atoms with E-state index in [1.165, 1.54) is 151 Å². The van der Waals surface area contributed by atoms with Gasteiger partial charge in [0.25, 0.3) is 0 Å². The van der Waals surface area contributed by atoms with Crippen molar-refractivity contribution in [3.63, 3.8) is 0 Å². The number of ether oxygens (including phenoxy) is 1. The molecule has 2 aromatic carbocycles. The quantitative estimate of drug-likeness (QED) is 0.135. The van der Waals surface area contributed by atoms with E-state index in [9.17, 15) is 0 Å². The molecule has 2 heterocycles. The number of para-hydroxylation sites is 1. The van der Waals surface area contributed by atoms with Crippen molar-refractivity contribution in [2.75, 3.05) is 11.4 Å². The topological polar surface area (TPSA) is 12.5 Å². The van der Waals surface area contributed by atoms with Gasteiger partial charge in [0.2, 0.25) is 5.72 Å². The van der Waals surface area contributed by atoms with Crippen LogP contribution in [0.15, 0.2) is 48.5 Å². The molecule has 1 atom stereocenters. The molecule has 2 heteroatoms. The molecule has 0 saturated carbocycles. The standard InChI is InChI=1S/C41H63NO/c1-5-6-7-8-9-10-11-12-13-14-15-16-17-18-19-20-21-22-23-26-33-42-38-28-25-24-27-37(38)40(3,4)41(42)32-31-36-34-35(2)29-30-39(36)43-41/h24-25,27-32,34H,5-23,26,33H2,1-4H3/t41-/m1/s1. The van der Waals surface area contributed by atoms with Crippen LogP contribution in [0, 0.1) is 6.92 Å². The van der Waals surface area contributed by atoms with E-state index >= 15 is 0 Å². The predicted octanol–water partition coefficient (Wildman–Crippen LogP) is 12.7. The minimum atomic E-state index is -0.479. The molecule has 0 unspecified atom stereocenters. The highest BCUT2D eigenvalue weighted by molar-refractivity contribution is 5.72. The average molecular weight is 586 g/mol. The first-order valence-corrected chi connectivity index (χ1v) is 18.4. The van der Waals surface area contributed by atoms with Crippen LogP contribution in [0.2, 0.25) is 0 Å². The van der Waals surface area contributed by atoms with Gasteiger partial charge in [-0.05, 0) is 63.1 Å². The SMILES string of the molecule is CCCCCCCCCCCCCCCCCCCCCCN1c2ccccc2C(C)(C)[C@]12C=Cc1cc(C)ccc1O2. The van der Waals surface area contributed by atoms with E-state index in [0.717, 1.165) is 12.3 Å². The summed E-state index contributed by atoms with van der Waals surface area (Å²) in [6.07, 6.45) is 33.0. The van der Waals surface area contributed by atoms with Gasteiger partial charge in [-0.2, -0.15) is 0 Å². The maximum Gasteiger partial charge on any atom is 0.212 e. The van der Waals surface area contributed by atoms with E-state index < -0.39 is 5.72 Å². The Labute approximate surface area is 265 Å². The first kappa shape index (κ1) is 33.7. The third-order valence-corrected chi connectivity index (χ3v) is 10.3. The summed E-state index contributed by atoms with van der Waals surface area (Å²) in [5, 5.41) is 0. The lowest BCUT2D eigenvalue weighted by atomic mass is 9.76. The lowest BCUT2D eigenvalue weighted by Crippen LogP contribution is -2.59. The summed E-state index contributed by atoms with van der Waals surface area (Å²) < 4.78 is 6.98. The highest BCUT2D eigenvalue weighted by atomic mass is 16.5. The maximum absolute atomic E-state index is 6.98. The zero-order valence-electron chi connectivity index (χ0n) is 28.4. The minimum absolute atomic E-state index is 0.143. The molecule has 0 radical (unpaired) electrons. The normalized spacial score (nSPS) is 18.2. The Morgan fingerprint density at radius 1 is 0.628 bits per heavy atom. The van der Waals surface area contributed by atoms with Crippen LogP contribution in [0.25, 0.3) is 6.08 Å². The molecule has 238 valence electrons. The molecule has 2 nitrogen and oxygen atoms in total. The molecule has 2 aliphatic rings. The zero-order valence-corrected chi connectivity index (χ0v) is 28.4. The number of benzene rings is 2. The summed E-state index contributed by atoms with van der Waals surface area (Å²) in [6, 6.07) is 15.5. The third-order valence-electron chi connectivity index (χ3n) is 10.3. The van der Waals surface area contributed by atoms with E-state index in [4.69, 9.17) is 4.74 Å². The van der Waals surface area contributed by atoms with Gasteiger partial charge in [0.05, 0.1) is 5.41 Å². The second-order valence-electron chi connectivity index (χ2n) is 14.2. The number of unbranched alkanes of at least 4 members (excludes halogenated alkanes) is 19. The Morgan fingerprint density at radius 2 is 1.14 bits per heavy atom. The molecule has 0 bridgehead atoms. The summed E-state index contributed by atoms with van der Waals surface area (Å²) in [5.41, 5.74) is 4.58. The van der Waals surface area contributed by atoms with Crippen molar-refractivity contribution in [2.45, 2.75) is 167 Å². The first-order valence-electron chi connectivity index (χ1n) is 18.4. The van der Waals surface area contributed by atoms with Gasteiger partial charge in [-0.25, -0.2) is 0 Å². The van der Waals surface area contributed by atoms with Gasteiger partial charge in [-0.15, -0.1) is 0 Å². The number of nitrogens with zero attached hydrogens (tertiary/aromatic N) is 1. The Bertz CT molecular complexity index is 1120. The molecule has 0 N–H and O–H groups in total. The van der Waals surface area contributed by atoms with Crippen molar-refractivity contribution in [2.24, 2.45) is 0 Å². The lowest BCUT2D eigenvalue weighted by Gasteiger charge is -2.47. The van der Waals surface area contributed by atoms with Gasteiger partial charge in [0, 0.05) is 17.8 Å². The summed E-state index contributed by atoms with van der Waals surface area (Å²) >= 11 is 0. The van der Waals surface area contributed by atoms with E-state index in [0.29, 0.717) is 0 Å². The van der Waals surface area contributed by atoms with Crippen LogP contribution in [-0.2, 0) is 5.41 Å². The van der Waals surface area contributed by atoms with Crippen LogP contribution in [0.1, 0.15) is 166 Å². The van der Waals surface area contributed by atoms with Gasteiger partial charge in [0.15, 0.2) is 0 Å². The van der Waals surface area contributed by atoms with Crippen LogP contribution in [0.4, 0.5) is 5.69 Å². The van der Waals surface area contributed by atoms with Crippen molar-refractivity contribution >= 4 is 11.8 Å². The summed E-state index contributed by atoms with van der Waals surface area (Å²) in [5.74, 6) is 1.00. The highest BCUT2D eigenvalue weighted by Crippen LogP contribution is 2.55. The Morgan fingerprint density at radius 3 is 1.70 bits per heavy atom. The molecule has 1 spiro atoms. The van der Waals surface area contributed by atoms with Crippen molar-refractivity contribution in [3.8, 4) is 5.75 Å². The molecule has 2 aromatic rings. The van der Waals surface area contributed by atoms with E-state index in [2.05, 4.69) is 87.2 Å². The van der Waals surface area contributed by atoms with Gasteiger partial charge in [-0.3, -0.25) is 0 Å². The summed E-state index contributed by atoms with van der Waals surface area (Å²) in [6.45, 7) is 10.2. The highest BCUT2D eigenvalue weighted by Gasteiger charge is 2.58. The van der Waals surface area contributed by atoms with E-state index in [-0.39, 0.29) is 5.41 Å². The van der Waals surface area contributed by atoms with Gasteiger partial charge >= 0.3 is 0 Å². The molecule has 0 fully saturated rings. The number of hydrogen-bond acceptors (Lipinski definition) is 2. The molecular formula is C41H63NO. The molecular weight excluding hydrogens is 522 g/mol. The molecule has 4 rings (SSSR count). The van der Waals surface area contributed by atoms with Crippen molar-refractivity contribution in [3.05, 3.63) is 65.2 Å². The second kappa shape index (κ2) is 17.3. The Hall–Kier alpha value is -2.22. The van der Waals surface area contributed by atoms with Gasteiger partial charge in [-0.1, -0.05) is 159 Å². The average Bonchev–Trinajstić information content (AvgIpc) is 3.18. The summed E-state index contributed by atoms with van der Waals surface area (Å²) in [4.78, 5) is 2.57. The van der Waals surface area contributed by atoms with Gasteiger partial charge < -0.3 is 9.64 Å². The maximum atomic E-state index is 6.98. The van der Waals surface area contributed by atoms with Crippen LogP contribution in [-0.4, -0.2) is 12.3 Å². The molecule has 2 aliphatic heterocycles. The molecule has 0 saturated heterocycles. The number of rotatable bonds is 21. The monoisotopic (exact) mass is 585 g/mol. The van der Waals surface area contributed by atoms with Crippen molar-refractivity contribution in [1.82, 2.24) is 0 Å². The largest absolute Gasteiger partial charge is 0.463 e. The Balaban J connectivity index is 1.08. The minimum Gasteiger partial charge on any atom is -0.463 e. The zero-order chi connectivity index (χ0) is 30.4. The second-order valence-corrected chi connectivity index (χ2v) is 14.2. The predicted molar refractivity (Wildman–Crippen MR) is 188 cm³/mol. The van der Waals surface area contributed by atoms with Crippen LogP contribution in [0.5, 0.6) is 5.75 Å². The fourth-order valence-corrected chi connectivity index (χ4v) is 7.53. The number of fused-ring (bicyclic) bond motifs is 2. The number of hydrogen-bond donors (Lipinski definition) is 0. The van der Waals surface area contributed by atoms with Crippen LogP contribution in [0.3, 0.4) is 0 Å². The first-order chi connectivity index (χ1) is 21.0. The number of aryl methyl sites for hydroxylation is 1. The van der Waals surface area contributed by atoms with E-state index in [1.54, 1.807) is 0 Å². The smallest absolute Gasteiger partial charge is 0.212 e. The van der Waals surface area contributed by atoms with Crippen LogP contribution >= 0.6 is 0 Å². The summed E-state index contributed by atoms with van der Waals surface area (Å²) in [7, 11) is 0. The third kappa shape index (κ3) is 8.92.